The zero-order valence-corrected chi connectivity index (χ0v) is 10.3. The first-order valence-electron chi connectivity index (χ1n) is 6.27. The van der Waals surface area contributed by atoms with Crippen molar-refractivity contribution < 1.29 is 9.59 Å². The minimum atomic E-state index is -0.293. The average molecular weight is 239 g/mol. The first-order chi connectivity index (χ1) is 8.17. The third kappa shape index (κ3) is 4.67. The normalized spacial score (nSPS) is 28.4. The lowest BCUT2D eigenvalue weighted by Crippen LogP contribution is -2.43. The summed E-state index contributed by atoms with van der Waals surface area (Å²) in [6.07, 6.45) is 5.95. The van der Waals surface area contributed by atoms with Gasteiger partial charge in [-0.25, -0.2) is 9.79 Å². The molecule has 0 saturated heterocycles. The second-order valence-corrected chi connectivity index (χ2v) is 4.69. The molecular weight excluding hydrogens is 218 g/mol. The van der Waals surface area contributed by atoms with Crippen molar-refractivity contribution in [1.29, 1.82) is 0 Å². The lowest BCUT2D eigenvalue weighted by molar-refractivity contribution is -0.123. The van der Waals surface area contributed by atoms with Crippen LogP contribution in [0, 0.1) is 5.92 Å². The molecule has 5 heteroatoms. The molecule has 17 heavy (non-hydrogen) atoms. The Morgan fingerprint density at radius 2 is 2.24 bits per heavy atom. The molecule has 1 fully saturated rings. The van der Waals surface area contributed by atoms with Crippen LogP contribution >= 0.6 is 0 Å². The molecule has 0 bridgehead atoms. The number of isocyanates is 1. The summed E-state index contributed by atoms with van der Waals surface area (Å²) in [5.41, 5.74) is 5.34. The molecule has 1 aliphatic carbocycles. The standard InChI is InChI=1S/C12H21N3O2/c1-2-3-4-14-10-5-9(12(13)17)6-11(7-10)15-8-16/h9-11,14H,2-7H2,1H3,(H2,13,17). The molecule has 3 atom stereocenters. The zero-order chi connectivity index (χ0) is 12.7. The molecule has 5 nitrogen and oxygen atoms in total. The number of unbranched alkanes of at least 4 members (excludes halogenated alkanes) is 1. The van der Waals surface area contributed by atoms with Gasteiger partial charge in [-0.05, 0) is 32.2 Å². The summed E-state index contributed by atoms with van der Waals surface area (Å²) in [4.78, 5) is 25.3. The van der Waals surface area contributed by atoms with Crippen LogP contribution in [0.2, 0.25) is 0 Å². The topological polar surface area (TPSA) is 84.6 Å². The number of hydrogen-bond donors (Lipinski definition) is 2. The Morgan fingerprint density at radius 1 is 1.47 bits per heavy atom. The smallest absolute Gasteiger partial charge is 0.235 e. The zero-order valence-electron chi connectivity index (χ0n) is 10.3. The third-order valence-electron chi connectivity index (χ3n) is 3.28. The van der Waals surface area contributed by atoms with Crippen LogP contribution < -0.4 is 11.1 Å². The maximum absolute atomic E-state index is 11.2. The fourth-order valence-electron chi connectivity index (χ4n) is 2.35. The molecule has 96 valence electrons. The summed E-state index contributed by atoms with van der Waals surface area (Å²) in [7, 11) is 0. The number of hydrogen-bond acceptors (Lipinski definition) is 4. The van der Waals surface area contributed by atoms with Crippen LogP contribution in [0.3, 0.4) is 0 Å². The highest BCUT2D eigenvalue weighted by Crippen LogP contribution is 2.26. The van der Waals surface area contributed by atoms with Gasteiger partial charge in [-0.1, -0.05) is 13.3 Å². The van der Waals surface area contributed by atoms with Crippen molar-refractivity contribution in [2.45, 2.75) is 51.1 Å². The first-order valence-corrected chi connectivity index (χ1v) is 6.27. The Balaban J connectivity index is 2.52. The van der Waals surface area contributed by atoms with Crippen molar-refractivity contribution in [1.82, 2.24) is 5.32 Å². The molecular formula is C12H21N3O2. The Kier molecular flexibility index (Phi) is 5.87. The van der Waals surface area contributed by atoms with E-state index in [1.54, 1.807) is 6.08 Å². The number of nitrogens with one attached hydrogen (secondary N) is 1. The van der Waals surface area contributed by atoms with E-state index in [1.807, 2.05) is 0 Å². The predicted octanol–water partition coefficient (Wildman–Crippen LogP) is 0.734. The number of primary amides is 1. The van der Waals surface area contributed by atoms with E-state index in [0.29, 0.717) is 6.42 Å². The number of amides is 1. The van der Waals surface area contributed by atoms with Crippen LogP contribution in [-0.2, 0) is 9.59 Å². The van der Waals surface area contributed by atoms with Crippen LogP contribution in [-0.4, -0.2) is 30.6 Å². The van der Waals surface area contributed by atoms with E-state index in [9.17, 15) is 9.59 Å². The van der Waals surface area contributed by atoms with E-state index in [1.165, 1.54) is 0 Å². The fourth-order valence-corrected chi connectivity index (χ4v) is 2.35. The number of nitrogens with zero attached hydrogens (tertiary/aromatic N) is 1. The van der Waals surface area contributed by atoms with Crippen molar-refractivity contribution in [3.05, 3.63) is 0 Å². The van der Waals surface area contributed by atoms with Crippen LogP contribution in [0.4, 0.5) is 0 Å². The maximum atomic E-state index is 11.2. The van der Waals surface area contributed by atoms with Crippen molar-refractivity contribution in [2.24, 2.45) is 16.6 Å². The predicted molar refractivity (Wildman–Crippen MR) is 65.1 cm³/mol. The number of aliphatic imine (C=N–C) groups is 1. The highest BCUT2D eigenvalue weighted by atomic mass is 16.1. The average Bonchev–Trinajstić information content (AvgIpc) is 2.29. The maximum Gasteiger partial charge on any atom is 0.235 e. The number of carbonyl (C=O) groups excluding carboxylic acids is 2. The number of nitrogens with two attached hydrogens (primary N) is 1. The van der Waals surface area contributed by atoms with Gasteiger partial charge in [0, 0.05) is 12.0 Å². The molecule has 1 saturated carbocycles. The van der Waals surface area contributed by atoms with Gasteiger partial charge in [0.25, 0.3) is 0 Å². The van der Waals surface area contributed by atoms with Crippen molar-refractivity contribution in [2.75, 3.05) is 6.54 Å². The Hall–Kier alpha value is -1.19. The molecule has 3 N–H and O–H groups in total. The van der Waals surface area contributed by atoms with Crippen LogP contribution in [0.25, 0.3) is 0 Å². The third-order valence-corrected chi connectivity index (χ3v) is 3.28. The van der Waals surface area contributed by atoms with Gasteiger partial charge in [0.2, 0.25) is 12.0 Å². The van der Waals surface area contributed by atoms with E-state index in [2.05, 4.69) is 17.2 Å². The second-order valence-electron chi connectivity index (χ2n) is 4.69. The Labute approximate surface area is 102 Å². The van der Waals surface area contributed by atoms with Crippen LogP contribution in [0.1, 0.15) is 39.0 Å². The molecule has 0 radical (unpaired) electrons. The van der Waals surface area contributed by atoms with Crippen molar-refractivity contribution >= 4 is 12.0 Å². The first kappa shape index (κ1) is 13.9. The highest BCUT2D eigenvalue weighted by molar-refractivity contribution is 5.76. The Morgan fingerprint density at radius 3 is 2.82 bits per heavy atom. The van der Waals surface area contributed by atoms with Gasteiger partial charge in [-0.3, -0.25) is 4.79 Å². The summed E-state index contributed by atoms with van der Waals surface area (Å²) in [5.74, 6) is -0.469. The van der Waals surface area contributed by atoms with E-state index in [-0.39, 0.29) is 23.9 Å². The summed E-state index contributed by atoms with van der Waals surface area (Å²) in [5, 5.41) is 3.40. The second kappa shape index (κ2) is 7.20. The van der Waals surface area contributed by atoms with Gasteiger partial charge in [0.15, 0.2) is 0 Å². The summed E-state index contributed by atoms with van der Waals surface area (Å²) >= 11 is 0. The molecule has 0 aromatic rings. The SMILES string of the molecule is CCCCNC1CC(N=C=O)CC(C(N)=O)C1. The van der Waals surface area contributed by atoms with Crippen LogP contribution in [0.15, 0.2) is 4.99 Å². The number of carbonyl (C=O) groups is 1. The van der Waals surface area contributed by atoms with Crippen molar-refractivity contribution in [3.63, 3.8) is 0 Å². The molecule has 0 aromatic carbocycles. The minimum absolute atomic E-state index is 0.113. The fraction of sp³-hybridized carbons (Fsp3) is 0.833. The largest absolute Gasteiger partial charge is 0.369 e. The molecule has 0 aromatic heterocycles. The lowest BCUT2D eigenvalue weighted by atomic mass is 9.82. The highest BCUT2D eigenvalue weighted by Gasteiger charge is 2.31. The van der Waals surface area contributed by atoms with Gasteiger partial charge < -0.3 is 11.1 Å². The molecule has 1 aliphatic rings. The molecule has 0 heterocycles. The molecule has 0 aliphatic heterocycles. The van der Waals surface area contributed by atoms with Gasteiger partial charge >= 0.3 is 0 Å². The summed E-state index contributed by atoms with van der Waals surface area (Å²) in [6.45, 7) is 3.07. The molecule has 3 unspecified atom stereocenters. The number of rotatable bonds is 6. The quantitative estimate of drug-likeness (QED) is 0.407. The molecule has 1 amide bonds. The Bertz CT molecular complexity index is 290. The lowest BCUT2D eigenvalue weighted by Gasteiger charge is -2.31. The van der Waals surface area contributed by atoms with E-state index < -0.39 is 0 Å². The van der Waals surface area contributed by atoms with Crippen molar-refractivity contribution in [3.8, 4) is 0 Å². The van der Waals surface area contributed by atoms with E-state index in [0.717, 1.165) is 32.2 Å². The summed E-state index contributed by atoms with van der Waals surface area (Å²) in [6, 6.07) is 0.118. The minimum Gasteiger partial charge on any atom is -0.369 e. The van der Waals surface area contributed by atoms with E-state index in [4.69, 9.17) is 5.73 Å². The molecule has 0 spiro atoms. The van der Waals surface area contributed by atoms with Gasteiger partial charge in [0.05, 0.1) is 6.04 Å². The van der Waals surface area contributed by atoms with Gasteiger partial charge in [0.1, 0.15) is 0 Å². The molecule has 1 rings (SSSR count). The van der Waals surface area contributed by atoms with Crippen LogP contribution in [0.5, 0.6) is 0 Å². The monoisotopic (exact) mass is 239 g/mol. The van der Waals surface area contributed by atoms with Gasteiger partial charge in [-0.2, -0.15) is 0 Å². The van der Waals surface area contributed by atoms with Gasteiger partial charge in [-0.15, -0.1) is 0 Å². The van der Waals surface area contributed by atoms with E-state index >= 15 is 0 Å². The summed E-state index contributed by atoms with van der Waals surface area (Å²) < 4.78 is 0.